The van der Waals surface area contributed by atoms with E-state index in [-0.39, 0.29) is 24.9 Å². The Balaban J connectivity index is 2.83. The molecule has 13 heavy (non-hydrogen) atoms. The molecule has 0 aromatic carbocycles. The summed E-state index contributed by atoms with van der Waals surface area (Å²) in [5, 5.41) is 17.0. The lowest BCUT2D eigenvalue weighted by molar-refractivity contribution is 0.191. The average Bonchev–Trinajstić information content (AvgIpc) is 2.14. The second-order valence-corrected chi connectivity index (χ2v) is 2.36. The fourth-order valence-electron chi connectivity index (χ4n) is 0.800. The molecular weight excluding hydrogens is 170 g/mol. The topological polar surface area (TPSA) is 79.0 Å². The third-order valence-corrected chi connectivity index (χ3v) is 1.27. The Kier molecular flexibility index (Phi) is 3.17. The summed E-state index contributed by atoms with van der Waals surface area (Å²) in [4.78, 5) is 7.71. The predicted octanol–water partition coefficient (Wildman–Crippen LogP) is 0.0278. The lowest BCUT2D eigenvalue weighted by atomic mass is 10.3. The molecule has 0 saturated carbocycles. The summed E-state index contributed by atoms with van der Waals surface area (Å²) in [6.45, 7) is 1.78. The predicted molar refractivity (Wildman–Crippen MR) is 44.1 cm³/mol. The van der Waals surface area contributed by atoms with Crippen LogP contribution in [0.25, 0.3) is 0 Å². The highest BCUT2D eigenvalue weighted by Crippen LogP contribution is 2.05. The van der Waals surface area contributed by atoms with E-state index in [4.69, 9.17) is 15.1 Å². The van der Waals surface area contributed by atoms with Crippen molar-refractivity contribution in [2.45, 2.75) is 6.92 Å². The van der Waals surface area contributed by atoms with Gasteiger partial charge < -0.3 is 9.84 Å². The Bertz CT molecular complexity index is 333. The second-order valence-electron chi connectivity index (χ2n) is 2.36. The molecule has 0 aliphatic rings. The Morgan fingerprint density at radius 1 is 1.62 bits per heavy atom. The molecule has 1 rings (SSSR count). The standard InChI is InChI=1S/C8H9N3O2/c1-6-4-7(5-9)11-8(10-6)13-3-2-12/h4,12H,2-3H2,1H3. The number of aliphatic hydroxyl groups is 1. The molecule has 0 aliphatic carbocycles. The van der Waals surface area contributed by atoms with E-state index in [1.165, 1.54) is 0 Å². The minimum Gasteiger partial charge on any atom is -0.461 e. The van der Waals surface area contributed by atoms with Crippen LogP contribution in [0.5, 0.6) is 6.01 Å². The van der Waals surface area contributed by atoms with Crippen LogP contribution in [0.2, 0.25) is 0 Å². The number of ether oxygens (including phenoxy) is 1. The third-order valence-electron chi connectivity index (χ3n) is 1.27. The van der Waals surface area contributed by atoms with Crippen molar-refractivity contribution >= 4 is 0 Å². The summed E-state index contributed by atoms with van der Waals surface area (Å²) >= 11 is 0. The molecule has 5 nitrogen and oxygen atoms in total. The first-order chi connectivity index (χ1) is 6.26. The normalized spacial score (nSPS) is 9.31. The summed E-state index contributed by atoms with van der Waals surface area (Å²) in [5.41, 5.74) is 0.930. The van der Waals surface area contributed by atoms with Crippen LogP contribution < -0.4 is 4.74 Å². The van der Waals surface area contributed by atoms with E-state index < -0.39 is 0 Å². The van der Waals surface area contributed by atoms with Crippen molar-refractivity contribution in [1.29, 1.82) is 5.26 Å². The van der Waals surface area contributed by atoms with Crippen molar-refractivity contribution in [3.8, 4) is 12.1 Å². The summed E-state index contributed by atoms with van der Waals surface area (Å²) in [7, 11) is 0. The SMILES string of the molecule is Cc1cc(C#N)nc(OCCO)n1. The number of hydrogen-bond acceptors (Lipinski definition) is 5. The van der Waals surface area contributed by atoms with E-state index in [2.05, 4.69) is 9.97 Å². The quantitative estimate of drug-likeness (QED) is 0.708. The van der Waals surface area contributed by atoms with Crippen molar-refractivity contribution in [2.24, 2.45) is 0 Å². The van der Waals surface area contributed by atoms with Gasteiger partial charge in [-0.05, 0) is 13.0 Å². The molecule has 0 unspecified atom stereocenters. The van der Waals surface area contributed by atoms with E-state index in [9.17, 15) is 0 Å². The van der Waals surface area contributed by atoms with E-state index in [1.54, 1.807) is 13.0 Å². The molecule has 68 valence electrons. The zero-order valence-corrected chi connectivity index (χ0v) is 7.19. The van der Waals surface area contributed by atoms with Crippen LogP contribution in [0.1, 0.15) is 11.4 Å². The van der Waals surface area contributed by atoms with Crippen LogP contribution in [0.4, 0.5) is 0 Å². The summed E-state index contributed by atoms with van der Waals surface area (Å²) < 4.78 is 4.96. The molecule has 1 aromatic heterocycles. The largest absolute Gasteiger partial charge is 0.461 e. The zero-order valence-electron chi connectivity index (χ0n) is 7.19. The van der Waals surface area contributed by atoms with Gasteiger partial charge in [-0.15, -0.1) is 0 Å². The van der Waals surface area contributed by atoms with Gasteiger partial charge in [-0.2, -0.15) is 10.2 Å². The monoisotopic (exact) mass is 179 g/mol. The summed E-state index contributed by atoms with van der Waals surface area (Å²) in [6, 6.07) is 3.58. The molecule has 0 spiro atoms. The van der Waals surface area contributed by atoms with Gasteiger partial charge in [0.2, 0.25) is 0 Å². The van der Waals surface area contributed by atoms with Gasteiger partial charge in [0, 0.05) is 5.69 Å². The molecular formula is C8H9N3O2. The molecule has 0 aliphatic heterocycles. The highest BCUT2D eigenvalue weighted by molar-refractivity contribution is 5.23. The van der Waals surface area contributed by atoms with Crippen LogP contribution in [0.15, 0.2) is 6.07 Å². The molecule has 0 radical (unpaired) electrons. The van der Waals surface area contributed by atoms with Gasteiger partial charge in [-0.3, -0.25) is 0 Å². The Morgan fingerprint density at radius 3 is 3.00 bits per heavy atom. The third kappa shape index (κ3) is 2.69. The maximum Gasteiger partial charge on any atom is 0.317 e. The first kappa shape index (κ1) is 9.42. The van der Waals surface area contributed by atoms with Gasteiger partial charge in [0.25, 0.3) is 0 Å². The summed E-state index contributed by atoms with van der Waals surface area (Å²) in [5.74, 6) is 0. The minimum absolute atomic E-state index is 0.0980. The molecule has 0 fully saturated rings. The van der Waals surface area contributed by atoms with Crippen molar-refractivity contribution in [1.82, 2.24) is 9.97 Å². The molecule has 5 heteroatoms. The van der Waals surface area contributed by atoms with Crippen LogP contribution in [-0.4, -0.2) is 28.3 Å². The van der Waals surface area contributed by atoms with Gasteiger partial charge >= 0.3 is 6.01 Å². The number of aliphatic hydroxyl groups excluding tert-OH is 1. The fraction of sp³-hybridized carbons (Fsp3) is 0.375. The number of nitriles is 1. The summed E-state index contributed by atoms with van der Waals surface area (Å²) in [6.07, 6.45) is 0. The molecule has 0 amide bonds. The van der Waals surface area contributed by atoms with Crippen molar-refractivity contribution in [3.63, 3.8) is 0 Å². The Morgan fingerprint density at radius 2 is 2.38 bits per heavy atom. The number of rotatable bonds is 3. The number of hydrogen-bond donors (Lipinski definition) is 1. The van der Waals surface area contributed by atoms with Crippen molar-refractivity contribution in [2.75, 3.05) is 13.2 Å². The Labute approximate surface area is 75.6 Å². The fourth-order valence-corrected chi connectivity index (χ4v) is 0.800. The average molecular weight is 179 g/mol. The van der Waals surface area contributed by atoms with Gasteiger partial charge in [0.05, 0.1) is 6.61 Å². The van der Waals surface area contributed by atoms with Crippen molar-refractivity contribution < 1.29 is 9.84 Å². The first-order valence-corrected chi connectivity index (χ1v) is 3.75. The lowest BCUT2D eigenvalue weighted by Crippen LogP contribution is -2.06. The first-order valence-electron chi connectivity index (χ1n) is 3.75. The minimum atomic E-state index is -0.0980. The van der Waals surface area contributed by atoms with Gasteiger partial charge in [0.15, 0.2) is 0 Å². The lowest BCUT2D eigenvalue weighted by Gasteiger charge is -2.02. The molecule has 1 N–H and O–H groups in total. The van der Waals surface area contributed by atoms with Crippen LogP contribution >= 0.6 is 0 Å². The van der Waals surface area contributed by atoms with Gasteiger partial charge in [-0.25, -0.2) is 4.98 Å². The van der Waals surface area contributed by atoms with E-state index in [1.807, 2.05) is 6.07 Å². The van der Waals surface area contributed by atoms with Gasteiger partial charge in [0.1, 0.15) is 18.4 Å². The van der Waals surface area contributed by atoms with Crippen LogP contribution in [-0.2, 0) is 0 Å². The van der Waals surface area contributed by atoms with Crippen LogP contribution in [0.3, 0.4) is 0 Å². The highest BCUT2D eigenvalue weighted by atomic mass is 16.5. The zero-order chi connectivity index (χ0) is 9.68. The molecule has 0 atom stereocenters. The van der Waals surface area contributed by atoms with Crippen LogP contribution in [0, 0.1) is 18.3 Å². The molecule has 0 bridgehead atoms. The Hall–Kier alpha value is -1.67. The van der Waals surface area contributed by atoms with Gasteiger partial charge in [-0.1, -0.05) is 0 Å². The number of aromatic nitrogens is 2. The second kappa shape index (κ2) is 4.38. The van der Waals surface area contributed by atoms with Crippen molar-refractivity contribution in [3.05, 3.63) is 17.5 Å². The highest BCUT2D eigenvalue weighted by Gasteiger charge is 2.01. The molecule has 0 saturated heterocycles. The van der Waals surface area contributed by atoms with E-state index in [0.29, 0.717) is 5.69 Å². The maximum absolute atomic E-state index is 8.57. The smallest absolute Gasteiger partial charge is 0.317 e. The number of nitrogens with zero attached hydrogens (tertiary/aromatic N) is 3. The molecule has 1 aromatic rings. The molecule has 1 heterocycles. The maximum atomic E-state index is 8.57. The number of aryl methyl sites for hydroxylation is 1. The van der Waals surface area contributed by atoms with E-state index >= 15 is 0 Å². The van der Waals surface area contributed by atoms with E-state index in [0.717, 1.165) is 0 Å².